The van der Waals surface area contributed by atoms with E-state index in [1.54, 1.807) is 23.5 Å². The number of carbonyl (C=O) groups is 2. The van der Waals surface area contributed by atoms with Crippen molar-refractivity contribution in [2.45, 2.75) is 6.04 Å². The number of rotatable bonds is 6. The summed E-state index contributed by atoms with van der Waals surface area (Å²) in [5.74, 6) is -0.0595. The maximum absolute atomic E-state index is 11.9. The van der Waals surface area contributed by atoms with Gasteiger partial charge in [-0.15, -0.1) is 0 Å². The van der Waals surface area contributed by atoms with Gasteiger partial charge in [0.1, 0.15) is 5.57 Å². The lowest BCUT2D eigenvalue weighted by Crippen LogP contribution is -2.41. The lowest BCUT2D eigenvalue weighted by Gasteiger charge is -2.26. The van der Waals surface area contributed by atoms with Gasteiger partial charge in [0, 0.05) is 11.5 Å². The number of hydrogen-bond donors (Lipinski definition) is 1. The maximum atomic E-state index is 11.9. The molecule has 0 aromatic rings. The first kappa shape index (κ1) is 15.2. The highest BCUT2D eigenvalue weighted by Gasteiger charge is 2.37. The SMILES string of the molecule is COC(=O)C1=C(O)C(=O)N(C(CSC)CSC)C1. The van der Waals surface area contributed by atoms with E-state index in [-0.39, 0.29) is 18.2 Å². The molecule has 102 valence electrons. The van der Waals surface area contributed by atoms with Crippen molar-refractivity contribution in [3.05, 3.63) is 11.3 Å². The molecule has 1 aliphatic heterocycles. The lowest BCUT2D eigenvalue weighted by atomic mass is 10.2. The van der Waals surface area contributed by atoms with E-state index in [1.807, 2.05) is 12.5 Å². The molecule has 0 aromatic heterocycles. The third-order valence-corrected chi connectivity index (χ3v) is 4.10. The van der Waals surface area contributed by atoms with Gasteiger partial charge in [-0.2, -0.15) is 23.5 Å². The van der Waals surface area contributed by atoms with Gasteiger partial charge in [0.25, 0.3) is 5.91 Å². The van der Waals surface area contributed by atoms with E-state index in [1.165, 1.54) is 12.0 Å². The number of thioether (sulfide) groups is 2. The van der Waals surface area contributed by atoms with Crippen molar-refractivity contribution in [3.63, 3.8) is 0 Å². The van der Waals surface area contributed by atoms with E-state index in [0.717, 1.165) is 11.5 Å². The molecule has 1 N–H and O–H groups in total. The van der Waals surface area contributed by atoms with Crippen molar-refractivity contribution in [3.8, 4) is 0 Å². The summed E-state index contributed by atoms with van der Waals surface area (Å²) >= 11 is 3.26. The van der Waals surface area contributed by atoms with Gasteiger partial charge in [0.05, 0.1) is 19.7 Å². The van der Waals surface area contributed by atoms with Crippen LogP contribution in [0.5, 0.6) is 0 Å². The maximum Gasteiger partial charge on any atom is 0.339 e. The van der Waals surface area contributed by atoms with Crippen LogP contribution in [-0.2, 0) is 14.3 Å². The summed E-state index contributed by atoms with van der Waals surface area (Å²) in [7, 11) is 1.23. The van der Waals surface area contributed by atoms with Gasteiger partial charge in [-0.05, 0) is 12.5 Å². The van der Waals surface area contributed by atoms with Gasteiger partial charge in [0.15, 0.2) is 5.76 Å². The molecule has 1 aliphatic rings. The Morgan fingerprint density at radius 3 is 2.44 bits per heavy atom. The van der Waals surface area contributed by atoms with Crippen LogP contribution < -0.4 is 0 Å². The molecule has 0 fully saturated rings. The minimum absolute atomic E-state index is 0.00630. The first-order valence-electron chi connectivity index (χ1n) is 5.36. The van der Waals surface area contributed by atoms with E-state index >= 15 is 0 Å². The highest BCUT2D eigenvalue weighted by Crippen LogP contribution is 2.23. The first-order chi connectivity index (χ1) is 8.56. The zero-order valence-corrected chi connectivity index (χ0v) is 12.3. The Hall–Kier alpha value is -0.820. The summed E-state index contributed by atoms with van der Waals surface area (Å²) < 4.78 is 4.55. The fraction of sp³-hybridized carbons (Fsp3) is 0.636. The number of aliphatic hydroxyl groups is 1. The van der Waals surface area contributed by atoms with E-state index in [2.05, 4.69) is 4.74 Å². The Bertz CT molecular complexity index is 364. The smallest absolute Gasteiger partial charge is 0.339 e. The Morgan fingerprint density at radius 1 is 1.44 bits per heavy atom. The quantitative estimate of drug-likeness (QED) is 0.734. The molecule has 0 bridgehead atoms. The van der Waals surface area contributed by atoms with E-state index in [0.29, 0.717) is 0 Å². The Kier molecular flexibility index (Phi) is 5.87. The summed E-state index contributed by atoms with van der Waals surface area (Å²) in [5.41, 5.74) is 0.0507. The molecular formula is C11H17NO4S2. The molecule has 1 heterocycles. The highest BCUT2D eigenvalue weighted by molar-refractivity contribution is 7.99. The van der Waals surface area contributed by atoms with Crippen LogP contribution in [0.2, 0.25) is 0 Å². The standard InChI is InChI=1S/C11H17NO4S2/c1-16-11(15)8-4-12(10(14)9(8)13)7(5-17-2)6-18-3/h7,13H,4-6H2,1-3H3. The molecule has 0 atom stereocenters. The summed E-state index contributed by atoms with van der Waals surface area (Å²) in [6.07, 6.45) is 3.92. The van der Waals surface area contributed by atoms with Gasteiger partial charge in [-0.3, -0.25) is 4.79 Å². The highest BCUT2D eigenvalue weighted by atomic mass is 32.2. The average Bonchev–Trinajstić information content (AvgIpc) is 2.65. The van der Waals surface area contributed by atoms with Crippen molar-refractivity contribution >= 4 is 35.4 Å². The Labute approximate surface area is 115 Å². The minimum Gasteiger partial charge on any atom is -0.503 e. The molecular weight excluding hydrogens is 274 g/mol. The average molecular weight is 291 g/mol. The monoisotopic (exact) mass is 291 g/mol. The number of nitrogens with zero attached hydrogens (tertiary/aromatic N) is 1. The van der Waals surface area contributed by atoms with Crippen LogP contribution in [0, 0.1) is 0 Å². The molecule has 0 saturated heterocycles. The predicted octanol–water partition coefficient (Wildman–Crippen LogP) is 0.908. The molecule has 0 aliphatic carbocycles. The molecule has 7 heteroatoms. The van der Waals surface area contributed by atoms with Crippen LogP contribution in [-0.4, -0.2) is 65.6 Å². The summed E-state index contributed by atoms with van der Waals surface area (Å²) in [4.78, 5) is 24.9. The number of ether oxygens (including phenoxy) is 1. The Morgan fingerprint density at radius 2 is 2.00 bits per heavy atom. The summed E-state index contributed by atoms with van der Waals surface area (Å²) in [5, 5.41) is 9.69. The van der Waals surface area contributed by atoms with Crippen LogP contribution in [0.3, 0.4) is 0 Å². The van der Waals surface area contributed by atoms with Crippen LogP contribution in [0.4, 0.5) is 0 Å². The molecule has 1 amide bonds. The molecule has 1 rings (SSSR count). The van der Waals surface area contributed by atoms with Gasteiger partial charge in [-0.25, -0.2) is 4.79 Å². The number of amides is 1. The molecule has 18 heavy (non-hydrogen) atoms. The van der Waals surface area contributed by atoms with Gasteiger partial charge in [-0.1, -0.05) is 0 Å². The molecule has 0 unspecified atom stereocenters. The zero-order valence-electron chi connectivity index (χ0n) is 10.6. The minimum atomic E-state index is -0.643. The second-order valence-electron chi connectivity index (χ2n) is 3.82. The fourth-order valence-corrected chi connectivity index (χ4v) is 3.29. The van der Waals surface area contributed by atoms with Crippen molar-refractivity contribution < 1.29 is 19.4 Å². The second kappa shape index (κ2) is 6.94. The third-order valence-electron chi connectivity index (χ3n) is 2.67. The van der Waals surface area contributed by atoms with Gasteiger partial charge in [0.2, 0.25) is 0 Å². The molecule has 0 aromatic carbocycles. The number of esters is 1. The second-order valence-corrected chi connectivity index (χ2v) is 5.64. The third kappa shape index (κ3) is 3.14. The largest absolute Gasteiger partial charge is 0.503 e. The molecule has 5 nitrogen and oxygen atoms in total. The van der Waals surface area contributed by atoms with Crippen LogP contribution >= 0.6 is 23.5 Å². The number of carbonyl (C=O) groups excluding carboxylic acids is 2. The predicted molar refractivity (Wildman–Crippen MR) is 73.9 cm³/mol. The van der Waals surface area contributed by atoms with Crippen LogP contribution in [0.1, 0.15) is 0 Å². The number of aliphatic hydroxyl groups excluding tert-OH is 1. The van der Waals surface area contributed by atoms with Crippen molar-refractivity contribution in [1.82, 2.24) is 4.90 Å². The van der Waals surface area contributed by atoms with Crippen LogP contribution in [0.15, 0.2) is 11.3 Å². The molecule has 0 radical (unpaired) electrons. The normalized spacial score (nSPS) is 15.8. The molecule has 0 saturated carbocycles. The summed E-state index contributed by atoms with van der Waals surface area (Å²) in [6, 6.07) is 0.00630. The van der Waals surface area contributed by atoms with E-state index < -0.39 is 17.6 Å². The zero-order chi connectivity index (χ0) is 13.7. The van der Waals surface area contributed by atoms with Crippen molar-refractivity contribution in [2.24, 2.45) is 0 Å². The Balaban J connectivity index is 2.84. The summed E-state index contributed by atoms with van der Waals surface area (Å²) in [6.45, 7) is 0.128. The number of hydrogen-bond acceptors (Lipinski definition) is 6. The number of methoxy groups -OCH3 is 1. The lowest BCUT2D eigenvalue weighted by molar-refractivity contribution is -0.136. The van der Waals surface area contributed by atoms with E-state index in [9.17, 15) is 14.7 Å². The van der Waals surface area contributed by atoms with Crippen molar-refractivity contribution in [1.29, 1.82) is 0 Å². The van der Waals surface area contributed by atoms with Crippen LogP contribution in [0.25, 0.3) is 0 Å². The molecule has 0 spiro atoms. The first-order valence-corrected chi connectivity index (χ1v) is 8.14. The van der Waals surface area contributed by atoms with Gasteiger partial charge < -0.3 is 14.7 Å². The van der Waals surface area contributed by atoms with E-state index in [4.69, 9.17) is 0 Å². The van der Waals surface area contributed by atoms with Crippen molar-refractivity contribution in [2.75, 3.05) is 37.7 Å². The topological polar surface area (TPSA) is 66.8 Å². The fourth-order valence-electron chi connectivity index (χ4n) is 1.77. The van der Waals surface area contributed by atoms with Gasteiger partial charge >= 0.3 is 5.97 Å².